The molecule has 0 bridgehead atoms. The molecular formula is C17H30IN3O. The summed E-state index contributed by atoms with van der Waals surface area (Å²) in [5.74, 6) is 0.751. The fourth-order valence-electron chi connectivity index (χ4n) is 2.04. The van der Waals surface area contributed by atoms with Crippen molar-refractivity contribution in [1.82, 2.24) is 10.6 Å². The summed E-state index contributed by atoms with van der Waals surface area (Å²) in [5.41, 5.74) is 1.80. The Bertz CT molecular complexity index is 459. The van der Waals surface area contributed by atoms with Crippen LogP contribution in [0.2, 0.25) is 0 Å². The molecule has 0 amide bonds. The van der Waals surface area contributed by atoms with E-state index >= 15 is 0 Å². The average molecular weight is 419 g/mol. The van der Waals surface area contributed by atoms with Gasteiger partial charge in [-0.05, 0) is 37.8 Å². The van der Waals surface area contributed by atoms with Crippen molar-refractivity contribution < 1.29 is 5.11 Å². The molecule has 0 unspecified atom stereocenters. The van der Waals surface area contributed by atoms with Crippen LogP contribution < -0.4 is 10.6 Å². The summed E-state index contributed by atoms with van der Waals surface area (Å²) in [5, 5.41) is 16.8. The molecule has 22 heavy (non-hydrogen) atoms. The van der Waals surface area contributed by atoms with Gasteiger partial charge in [-0.3, -0.25) is 0 Å². The zero-order valence-corrected chi connectivity index (χ0v) is 16.5. The number of halogens is 1. The minimum absolute atomic E-state index is 0. The standard InChI is InChI=1S/C17H29N3O.HI/c1-5-17(21,6-2)13-20-16(18-7-3)19-12-15-11-9-8-10-14(15)4;/h8-11,21H,5-7,12-13H2,1-4H3,(H2,18,19,20);1H. The van der Waals surface area contributed by atoms with Crippen LogP contribution in [0.1, 0.15) is 44.7 Å². The number of hydrogen-bond acceptors (Lipinski definition) is 2. The summed E-state index contributed by atoms with van der Waals surface area (Å²) in [4.78, 5) is 4.60. The molecule has 4 nitrogen and oxygen atoms in total. The number of benzene rings is 1. The molecule has 5 heteroatoms. The van der Waals surface area contributed by atoms with E-state index in [2.05, 4.69) is 34.7 Å². The molecule has 1 aromatic rings. The number of nitrogens with zero attached hydrogens (tertiary/aromatic N) is 1. The van der Waals surface area contributed by atoms with Crippen LogP contribution in [0.4, 0.5) is 0 Å². The molecule has 0 fully saturated rings. The molecular weight excluding hydrogens is 389 g/mol. The Balaban J connectivity index is 0.00000441. The number of aliphatic hydroxyl groups is 1. The van der Waals surface area contributed by atoms with Gasteiger partial charge in [0.05, 0.1) is 12.1 Å². The molecule has 0 aromatic heterocycles. The van der Waals surface area contributed by atoms with Crippen molar-refractivity contribution in [3.63, 3.8) is 0 Å². The van der Waals surface area contributed by atoms with Crippen LogP contribution in [-0.4, -0.2) is 29.8 Å². The van der Waals surface area contributed by atoms with Gasteiger partial charge in [0.2, 0.25) is 0 Å². The summed E-state index contributed by atoms with van der Waals surface area (Å²) in [6, 6.07) is 8.26. The Morgan fingerprint density at radius 2 is 1.77 bits per heavy atom. The van der Waals surface area contributed by atoms with Gasteiger partial charge in [-0.25, -0.2) is 4.99 Å². The highest BCUT2D eigenvalue weighted by molar-refractivity contribution is 14.0. The first kappa shape index (κ1) is 21.2. The molecule has 1 aromatic carbocycles. The van der Waals surface area contributed by atoms with Crippen molar-refractivity contribution in [3.8, 4) is 0 Å². The fourth-order valence-corrected chi connectivity index (χ4v) is 2.04. The highest BCUT2D eigenvalue weighted by Crippen LogP contribution is 2.13. The van der Waals surface area contributed by atoms with Crippen LogP contribution in [0.25, 0.3) is 0 Å². The van der Waals surface area contributed by atoms with Crippen LogP contribution in [-0.2, 0) is 6.54 Å². The maximum atomic E-state index is 10.3. The second-order valence-corrected chi connectivity index (χ2v) is 5.41. The molecule has 0 heterocycles. The number of aryl methyl sites for hydroxylation is 1. The van der Waals surface area contributed by atoms with Crippen molar-refractivity contribution in [1.29, 1.82) is 0 Å². The molecule has 0 aliphatic heterocycles. The zero-order chi connectivity index (χ0) is 15.7. The second kappa shape index (κ2) is 10.8. The van der Waals surface area contributed by atoms with Gasteiger partial charge in [0.15, 0.2) is 5.96 Å². The minimum Gasteiger partial charge on any atom is -0.388 e. The van der Waals surface area contributed by atoms with Crippen molar-refractivity contribution in [3.05, 3.63) is 35.4 Å². The second-order valence-electron chi connectivity index (χ2n) is 5.41. The van der Waals surface area contributed by atoms with Gasteiger partial charge in [0, 0.05) is 13.1 Å². The molecule has 0 atom stereocenters. The van der Waals surface area contributed by atoms with E-state index in [1.165, 1.54) is 11.1 Å². The van der Waals surface area contributed by atoms with E-state index in [9.17, 15) is 5.11 Å². The largest absolute Gasteiger partial charge is 0.388 e. The van der Waals surface area contributed by atoms with Gasteiger partial charge in [0.25, 0.3) is 0 Å². The summed E-state index contributed by atoms with van der Waals surface area (Å²) < 4.78 is 0. The zero-order valence-electron chi connectivity index (χ0n) is 14.1. The van der Waals surface area contributed by atoms with E-state index in [4.69, 9.17) is 0 Å². The number of aliphatic imine (C=N–C) groups is 1. The van der Waals surface area contributed by atoms with Gasteiger partial charge in [0.1, 0.15) is 0 Å². The minimum atomic E-state index is -0.668. The summed E-state index contributed by atoms with van der Waals surface area (Å²) in [6.45, 7) is 10.1. The van der Waals surface area contributed by atoms with Crippen molar-refractivity contribution in [2.45, 2.75) is 52.7 Å². The van der Waals surface area contributed by atoms with Crippen LogP contribution in [0.15, 0.2) is 29.3 Å². The maximum Gasteiger partial charge on any atom is 0.191 e. The first-order valence-corrected chi connectivity index (χ1v) is 7.83. The van der Waals surface area contributed by atoms with Gasteiger partial charge in [-0.15, -0.1) is 24.0 Å². The molecule has 1 rings (SSSR count). The number of hydrogen-bond donors (Lipinski definition) is 3. The Labute approximate surface area is 151 Å². The van der Waals surface area contributed by atoms with E-state index in [1.54, 1.807) is 0 Å². The molecule has 0 radical (unpaired) electrons. The first-order chi connectivity index (χ1) is 10.0. The molecule has 0 aliphatic carbocycles. The van der Waals surface area contributed by atoms with E-state index < -0.39 is 5.60 Å². The van der Waals surface area contributed by atoms with Crippen LogP contribution >= 0.6 is 24.0 Å². The third-order valence-electron chi connectivity index (χ3n) is 3.91. The van der Waals surface area contributed by atoms with Gasteiger partial charge >= 0.3 is 0 Å². The third-order valence-corrected chi connectivity index (χ3v) is 3.91. The third kappa shape index (κ3) is 6.96. The normalized spacial score (nSPS) is 11.8. The highest BCUT2D eigenvalue weighted by Gasteiger charge is 2.22. The van der Waals surface area contributed by atoms with Gasteiger partial charge < -0.3 is 15.7 Å². The molecule has 0 saturated carbocycles. The Hall–Kier alpha value is -0.820. The van der Waals surface area contributed by atoms with Gasteiger partial charge in [-0.1, -0.05) is 38.1 Å². The SMILES string of the molecule is CCNC(=NCc1ccccc1C)NCC(O)(CC)CC.I. The Morgan fingerprint density at radius 1 is 1.14 bits per heavy atom. The molecule has 0 aliphatic rings. The molecule has 0 spiro atoms. The molecule has 3 N–H and O–H groups in total. The quantitative estimate of drug-likeness (QED) is 0.362. The predicted molar refractivity (Wildman–Crippen MR) is 105 cm³/mol. The van der Waals surface area contributed by atoms with Crippen LogP contribution in [0.5, 0.6) is 0 Å². The lowest BCUT2D eigenvalue weighted by molar-refractivity contribution is 0.0367. The van der Waals surface area contributed by atoms with E-state index in [0.29, 0.717) is 13.1 Å². The van der Waals surface area contributed by atoms with Crippen LogP contribution in [0, 0.1) is 6.92 Å². The number of guanidine groups is 1. The monoisotopic (exact) mass is 419 g/mol. The molecule has 126 valence electrons. The number of nitrogens with one attached hydrogen (secondary N) is 2. The van der Waals surface area contributed by atoms with Crippen LogP contribution in [0.3, 0.4) is 0 Å². The summed E-state index contributed by atoms with van der Waals surface area (Å²) in [7, 11) is 0. The Kier molecular flexibility index (Phi) is 10.4. The smallest absolute Gasteiger partial charge is 0.191 e. The predicted octanol–water partition coefficient (Wildman–Crippen LogP) is 3.22. The van der Waals surface area contributed by atoms with E-state index in [-0.39, 0.29) is 24.0 Å². The van der Waals surface area contributed by atoms with E-state index in [1.807, 2.05) is 32.9 Å². The fraction of sp³-hybridized carbons (Fsp3) is 0.588. The Morgan fingerprint density at radius 3 is 2.32 bits per heavy atom. The van der Waals surface area contributed by atoms with Crippen molar-refractivity contribution >= 4 is 29.9 Å². The van der Waals surface area contributed by atoms with E-state index in [0.717, 1.165) is 25.3 Å². The molecule has 0 saturated heterocycles. The maximum absolute atomic E-state index is 10.3. The number of rotatable bonds is 7. The summed E-state index contributed by atoms with van der Waals surface area (Å²) >= 11 is 0. The van der Waals surface area contributed by atoms with Crippen molar-refractivity contribution in [2.24, 2.45) is 4.99 Å². The van der Waals surface area contributed by atoms with Crippen molar-refractivity contribution in [2.75, 3.05) is 13.1 Å². The lowest BCUT2D eigenvalue weighted by Gasteiger charge is -2.26. The first-order valence-electron chi connectivity index (χ1n) is 7.83. The topological polar surface area (TPSA) is 56.7 Å². The van der Waals surface area contributed by atoms with Gasteiger partial charge in [-0.2, -0.15) is 0 Å². The lowest BCUT2D eigenvalue weighted by Crippen LogP contribution is -2.46. The average Bonchev–Trinajstić information content (AvgIpc) is 2.51. The summed E-state index contributed by atoms with van der Waals surface area (Å²) in [6.07, 6.45) is 1.46. The lowest BCUT2D eigenvalue weighted by atomic mass is 9.98. The highest BCUT2D eigenvalue weighted by atomic mass is 127.